The smallest absolute Gasteiger partial charge is 0.316 e. The maximum absolute atomic E-state index is 12.6. The van der Waals surface area contributed by atoms with E-state index < -0.39 is 0 Å². The summed E-state index contributed by atoms with van der Waals surface area (Å²) in [6.07, 6.45) is 7.21. The van der Waals surface area contributed by atoms with Crippen LogP contribution in [0, 0.1) is 0 Å². The molecular formula is C16H18N4O3. The molecule has 1 aliphatic carbocycles. The van der Waals surface area contributed by atoms with E-state index in [4.69, 9.17) is 9.26 Å². The van der Waals surface area contributed by atoms with Gasteiger partial charge in [-0.25, -0.2) is 9.97 Å². The maximum Gasteiger partial charge on any atom is 0.316 e. The van der Waals surface area contributed by atoms with Crippen LogP contribution in [0.15, 0.2) is 29.0 Å². The van der Waals surface area contributed by atoms with Crippen molar-refractivity contribution < 1.29 is 14.1 Å². The van der Waals surface area contributed by atoms with Gasteiger partial charge in [0.1, 0.15) is 11.9 Å². The van der Waals surface area contributed by atoms with E-state index in [1.165, 1.54) is 0 Å². The average molecular weight is 314 g/mol. The Morgan fingerprint density at radius 1 is 1.26 bits per heavy atom. The van der Waals surface area contributed by atoms with Gasteiger partial charge in [0, 0.05) is 30.9 Å². The van der Waals surface area contributed by atoms with E-state index in [-0.39, 0.29) is 12.0 Å². The molecule has 120 valence electrons. The molecule has 1 saturated carbocycles. The summed E-state index contributed by atoms with van der Waals surface area (Å²) in [6.45, 7) is 1.22. The zero-order valence-corrected chi connectivity index (χ0v) is 12.7. The van der Waals surface area contributed by atoms with E-state index in [9.17, 15) is 4.79 Å². The van der Waals surface area contributed by atoms with Crippen molar-refractivity contribution in [1.29, 1.82) is 0 Å². The summed E-state index contributed by atoms with van der Waals surface area (Å²) in [7, 11) is 0. The van der Waals surface area contributed by atoms with Crippen LogP contribution in [-0.4, -0.2) is 45.1 Å². The van der Waals surface area contributed by atoms with Crippen molar-refractivity contribution >= 4 is 5.91 Å². The van der Waals surface area contributed by atoms with Gasteiger partial charge in [0.2, 0.25) is 0 Å². The van der Waals surface area contributed by atoms with Gasteiger partial charge in [0.25, 0.3) is 5.91 Å². The molecule has 7 nitrogen and oxygen atoms in total. The lowest BCUT2D eigenvalue weighted by molar-refractivity contribution is 0.0507. The van der Waals surface area contributed by atoms with Gasteiger partial charge in [-0.2, -0.15) is 0 Å². The van der Waals surface area contributed by atoms with Gasteiger partial charge in [-0.3, -0.25) is 4.79 Å². The van der Waals surface area contributed by atoms with E-state index in [1.54, 1.807) is 29.4 Å². The Labute approximate surface area is 133 Å². The second-order valence-corrected chi connectivity index (χ2v) is 6.05. The minimum absolute atomic E-state index is 0.0927. The van der Waals surface area contributed by atoms with Crippen LogP contribution in [0.3, 0.4) is 0 Å². The van der Waals surface area contributed by atoms with Gasteiger partial charge in [0.05, 0.1) is 6.54 Å². The molecule has 2 aromatic heterocycles. The number of rotatable bonds is 4. The molecule has 1 aliphatic heterocycles. The van der Waals surface area contributed by atoms with Crippen molar-refractivity contribution in [3.63, 3.8) is 0 Å². The third kappa shape index (κ3) is 3.18. The predicted octanol–water partition coefficient (Wildman–Crippen LogP) is 2.03. The van der Waals surface area contributed by atoms with Crippen LogP contribution in [0.5, 0.6) is 6.01 Å². The summed E-state index contributed by atoms with van der Waals surface area (Å²) in [5.74, 6) is 1.19. The monoisotopic (exact) mass is 314 g/mol. The fourth-order valence-electron chi connectivity index (χ4n) is 2.83. The summed E-state index contributed by atoms with van der Waals surface area (Å²) < 4.78 is 11.0. The molecule has 2 aliphatic rings. The second-order valence-electron chi connectivity index (χ2n) is 6.05. The van der Waals surface area contributed by atoms with Gasteiger partial charge < -0.3 is 14.2 Å². The Bertz CT molecular complexity index is 684. The summed E-state index contributed by atoms with van der Waals surface area (Å²) in [5, 5.41) is 3.93. The van der Waals surface area contributed by atoms with Crippen molar-refractivity contribution in [2.75, 3.05) is 13.1 Å². The molecule has 2 fully saturated rings. The highest BCUT2D eigenvalue weighted by atomic mass is 16.5. The number of nitrogens with zero attached hydrogens (tertiary/aromatic N) is 4. The van der Waals surface area contributed by atoms with E-state index in [0.717, 1.165) is 31.4 Å². The topological polar surface area (TPSA) is 81.4 Å². The summed E-state index contributed by atoms with van der Waals surface area (Å²) in [6, 6.07) is 3.88. The summed E-state index contributed by atoms with van der Waals surface area (Å²) >= 11 is 0. The number of carbonyl (C=O) groups excluding carboxylic acids is 1. The zero-order chi connectivity index (χ0) is 15.6. The maximum atomic E-state index is 12.6. The first-order valence-electron chi connectivity index (χ1n) is 7.99. The highest BCUT2D eigenvalue weighted by Crippen LogP contribution is 2.40. The molecule has 0 aromatic carbocycles. The average Bonchev–Trinajstić information content (AvgIpc) is 3.33. The molecule has 1 amide bonds. The van der Waals surface area contributed by atoms with Crippen molar-refractivity contribution in [2.24, 2.45) is 0 Å². The lowest BCUT2D eigenvalue weighted by Crippen LogP contribution is -2.44. The predicted molar refractivity (Wildman–Crippen MR) is 80.1 cm³/mol. The van der Waals surface area contributed by atoms with Crippen LogP contribution in [0.25, 0.3) is 0 Å². The van der Waals surface area contributed by atoms with Crippen LogP contribution in [0.1, 0.15) is 47.8 Å². The first-order valence-corrected chi connectivity index (χ1v) is 7.99. The Morgan fingerprint density at radius 3 is 2.87 bits per heavy atom. The SMILES string of the molecule is O=C(c1cc(C2CC2)on1)N1CCCC(Oc2ncccn2)C1. The zero-order valence-electron chi connectivity index (χ0n) is 12.7. The van der Waals surface area contributed by atoms with Crippen molar-refractivity contribution in [3.05, 3.63) is 36.0 Å². The van der Waals surface area contributed by atoms with Crippen molar-refractivity contribution in [3.8, 4) is 6.01 Å². The molecule has 0 spiro atoms. The van der Waals surface area contributed by atoms with Gasteiger partial charge in [0.15, 0.2) is 5.69 Å². The first-order chi connectivity index (χ1) is 11.3. The molecule has 23 heavy (non-hydrogen) atoms. The van der Waals surface area contributed by atoms with Gasteiger partial charge >= 0.3 is 6.01 Å². The number of likely N-dealkylation sites (tertiary alicyclic amines) is 1. The quantitative estimate of drug-likeness (QED) is 0.859. The Hall–Kier alpha value is -2.44. The minimum Gasteiger partial charge on any atom is -0.458 e. The van der Waals surface area contributed by atoms with Crippen molar-refractivity contribution in [1.82, 2.24) is 20.0 Å². The molecule has 1 saturated heterocycles. The third-order valence-corrected chi connectivity index (χ3v) is 4.21. The second kappa shape index (κ2) is 5.98. The minimum atomic E-state index is -0.0945. The third-order valence-electron chi connectivity index (χ3n) is 4.21. The van der Waals surface area contributed by atoms with Crippen LogP contribution >= 0.6 is 0 Å². The number of piperidine rings is 1. The highest BCUT2D eigenvalue weighted by molar-refractivity contribution is 5.92. The van der Waals surface area contributed by atoms with Crippen LogP contribution in [-0.2, 0) is 0 Å². The normalized spacial score (nSPS) is 21.2. The number of aromatic nitrogens is 3. The lowest BCUT2D eigenvalue weighted by Gasteiger charge is -2.31. The van der Waals surface area contributed by atoms with Gasteiger partial charge in [-0.1, -0.05) is 5.16 Å². The fraction of sp³-hybridized carbons (Fsp3) is 0.500. The molecule has 0 bridgehead atoms. The van der Waals surface area contributed by atoms with E-state index >= 15 is 0 Å². The van der Waals surface area contributed by atoms with E-state index in [2.05, 4.69) is 15.1 Å². The van der Waals surface area contributed by atoms with Crippen LogP contribution in [0.2, 0.25) is 0 Å². The van der Waals surface area contributed by atoms with E-state index in [0.29, 0.717) is 30.7 Å². The lowest BCUT2D eigenvalue weighted by atomic mass is 10.1. The Morgan fingerprint density at radius 2 is 2.09 bits per heavy atom. The highest BCUT2D eigenvalue weighted by Gasteiger charge is 2.31. The molecule has 1 unspecified atom stereocenters. The van der Waals surface area contributed by atoms with E-state index in [1.807, 2.05) is 0 Å². The van der Waals surface area contributed by atoms with Crippen LogP contribution in [0.4, 0.5) is 0 Å². The number of hydrogen-bond acceptors (Lipinski definition) is 6. The first kappa shape index (κ1) is 14.2. The molecule has 1 atom stereocenters. The number of carbonyl (C=O) groups is 1. The molecular weight excluding hydrogens is 296 g/mol. The van der Waals surface area contributed by atoms with Crippen molar-refractivity contribution in [2.45, 2.75) is 37.7 Å². The van der Waals surface area contributed by atoms with Crippen LogP contribution < -0.4 is 4.74 Å². The molecule has 3 heterocycles. The molecule has 2 aromatic rings. The number of ether oxygens (including phenoxy) is 1. The molecule has 7 heteroatoms. The number of hydrogen-bond donors (Lipinski definition) is 0. The number of amides is 1. The molecule has 0 N–H and O–H groups in total. The largest absolute Gasteiger partial charge is 0.458 e. The Balaban J connectivity index is 1.40. The summed E-state index contributed by atoms with van der Waals surface area (Å²) in [4.78, 5) is 22.5. The molecule has 4 rings (SSSR count). The standard InChI is InChI=1S/C16H18N4O3/c21-15(13-9-14(23-19-13)11-4-5-11)20-8-1-3-12(10-20)22-16-17-6-2-7-18-16/h2,6-7,9,11-12H,1,3-5,8,10H2. The van der Waals surface area contributed by atoms with Gasteiger partial charge in [-0.15, -0.1) is 0 Å². The Kier molecular flexibility index (Phi) is 3.69. The molecule has 0 radical (unpaired) electrons. The van der Waals surface area contributed by atoms with Gasteiger partial charge in [-0.05, 0) is 31.7 Å². The summed E-state index contributed by atoms with van der Waals surface area (Å²) in [5.41, 5.74) is 0.392. The fourth-order valence-corrected chi connectivity index (χ4v) is 2.83.